The van der Waals surface area contributed by atoms with Crippen LogP contribution >= 0.6 is 57.0 Å². The third-order valence-corrected chi connectivity index (χ3v) is 1.88. The van der Waals surface area contributed by atoms with Crippen LogP contribution in [0.5, 0.6) is 0 Å². The maximum atomic E-state index is 5.42. The van der Waals surface area contributed by atoms with Crippen molar-refractivity contribution in [2.45, 2.75) is 3.79 Å². The fourth-order valence-electron chi connectivity index (χ4n) is 0.244. The van der Waals surface area contributed by atoms with Gasteiger partial charge < -0.3 is 4.74 Å². The van der Waals surface area contributed by atoms with Crippen LogP contribution in [0.25, 0.3) is 0 Å². The van der Waals surface area contributed by atoms with Crippen molar-refractivity contribution in [3.05, 3.63) is 0 Å². The lowest BCUT2D eigenvalue weighted by atomic mass is 10.8. The van der Waals surface area contributed by atoms with Crippen LogP contribution in [0.3, 0.4) is 0 Å². The van der Waals surface area contributed by atoms with Gasteiger partial charge in [0.2, 0.25) is 3.79 Å². The van der Waals surface area contributed by atoms with Crippen molar-refractivity contribution in [1.29, 1.82) is 0 Å². The van der Waals surface area contributed by atoms with Crippen LogP contribution in [0, 0.1) is 0 Å². The van der Waals surface area contributed by atoms with Crippen molar-refractivity contribution in [1.82, 2.24) is 0 Å². The van der Waals surface area contributed by atoms with Gasteiger partial charge in [-0.3, -0.25) is 0 Å². The van der Waals surface area contributed by atoms with E-state index in [1.54, 1.807) is 0 Å². The molecule has 0 spiro atoms. The lowest BCUT2D eigenvalue weighted by molar-refractivity contribution is 0.183. The summed E-state index contributed by atoms with van der Waals surface area (Å²) >= 11 is 26.9. The van der Waals surface area contributed by atoms with Crippen LogP contribution in [0.4, 0.5) is 0 Å². The van der Waals surface area contributed by atoms with Gasteiger partial charge in [-0.05, 0) is 0 Å². The first-order chi connectivity index (χ1) is 4.42. The van der Waals surface area contributed by atoms with Gasteiger partial charge in [-0.1, -0.05) is 34.8 Å². The summed E-state index contributed by atoms with van der Waals surface area (Å²) in [5.41, 5.74) is 0. The van der Waals surface area contributed by atoms with Crippen LogP contribution in [0.2, 0.25) is 0 Å². The Balaban J connectivity index is 3.21. The van der Waals surface area contributed by atoms with E-state index in [0.717, 1.165) is 0 Å². The lowest BCUT2D eigenvalue weighted by Crippen LogP contribution is -2.17. The van der Waals surface area contributed by atoms with Gasteiger partial charge in [0.25, 0.3) is 7.42 Å². The van der Waals surface area contributed by atoms with Crippen molar-refractivity contribution in [2.24, 2.45) is 0 Å². The molecule has 0 aliphatic carbocycles. The zero-order valence-corrected chi connectivity index (χ0v) is 9.49. The molecule has 7 heteroatoms. The van der Waals surface area contributed by atoms with Crippen molar-refractivity contribution >= 4 is 64.4 Å². The van der Waals surface area contributed by atoms with Crippen LogP contribution in [0.1, 0.15) is 0 Å². The summed E-state index contributed by atoms with van der Waals surface area (Å²) in [5.74, 6) is 0. The molecule has 0 fully saturated rings. The summed E-state index contributed by atoms with van der Waals surface area (Å²) in [6.07, 6.45) is 0.266. The van der Waals surface area contributed by atoms with Gasteiger partial charge in [-0.25, -0.2) is 0 Å². The monoisotopic (exact) mass is 259 g/mol. The minimum Gasteiger partial charge on any atom is -0.378 e. The first-order valence-corrected chi connectivity index (χ1v) is 7.09. The molecule has 0 saturated carbocycles. The molecule has 10 heavy (non-hydrogen) atoms. The summed E-state index contributed by atoms with van der Waals surface area (Å²) in [5, 5.41) is 0. The van der Waals surface area contributed by atoms with Crippen molar-refractivity contribution in [3.63, 3.8) is 0 Å². The summed E-state index contributed by atoms with van der Waals surface area (Å²) in [6, 6.07) is 0. The minimum absolute atomic E-state index is 0.0191. The molecule has 1 radical (unpaired) electrons. The van der Waals surface area contributed by atoms with Crippen LogP contribution in [-0.2, 0) is 4.74 Å². The molecule has 0 aromatic heterocycles. The Morgan fingerprint density at radius 1 is 1.20 bits per heavy atom. The lowest BCUT2D eigenvalue weighted by Gasteiger charge is -2.10. The zero-order chi connectivity index (χ0) is 8.20. The average molecular weight is 261 g/mol. The predicted octanol–water partition coefficient (Wildman–Crippen LogP) is 2.88. The third kappa shape index (κ3) is 9.63. The second-order valence-electron chi connectivity index (χ2n) is 1.45. The standard InChI is InChI=1S/C3H4Cl5OSi/c4-3(5,6)1-9-2-10(7)8/h1-2H2. The highest BCUT2D eigenvalue weighted by atomic mass is 35.7. The van der Waals surface area contributed by atoms with Gasteiger partial charge in [0.05, 0.1) is 12.8 Å². The summed E-state index contributed by atoms with van der Waals surface area (Å²) < 4.78 is 3.48. The van der Waals surface area contributed by atoms with Gasteiger partial charge in [0.1, 0.15) is 0 Å². The zero-order valence-electron chi connectivity index (χ0n) is 4.71. The maximum absolute atomic E-state index is 5.42. The van der Waals surface area contributed by atoms with Gasteiger partial charge >= 0.3 is 0 Å². The van der Waals surface area contributed by atoms with Crippen LogP contribution in [-0.4, -0.2) is 24.0 Å². The molecule has 61 valence electrons. The Morgan fingerprint density at radius 3 is 2.00 bits per heavy atom. The molecule has 0 amide bonds. The Kier molecular flexibility index (Phi) is 6.17. The van der Waals surface area contributed by atoms with Crippen molar-refractivity contribution < 1.29 is 4.74 Å². The van der Waals surface area contributed by atoms with E-state index < -0.39 is 11.2 Å². The largest absolute Gasteiger partial charge is 0.378 e. The number of hydrogen-bond donors (Lipinski definition) is 0. The average Bonchev–Trinajstić information content (AvgIpc) is 1.59. The first kappa shape index (κ1) is 11.6. The van der Waals surface area contributed by atoms with E-state index in [4.69, 9.17) is 61.7 Å². The molecule has 0 aliphatic rings. The molecule has 0 N–H and O–H groups in total. The van der Waals surface area contributed by atoms with Crippen LogP contribution < -0.4 is 0 Å². The fourth-order valence-corrected chi connectivity index (χ4v) is 1.19. The summed E-state index contributed by atoms with van der Waals surface area (Å²) in [4.78, 5) is 0. The molecule has 0 atom stereocenters. The Bertz CT molecular complexity index is 91.4. The van der Waals surface area contributed by atoms with Gasteiger partial charge in [-0.2, -0.15) is 0 Å². The molecule has 1 nitrogen and oxygen atoms in total. The van der Waals surface area contributed by atoms with E-state index in [1.807, 2.05) is 0 Å². The van der Waals surface area contributed by atoms with Crippen LogP contribution in [0.15, 0.2) is 0 Å². The molecule has 0 aromatic rings. The number of alkyl halides is 3. The number of halogens is 5. The highest BCUT2D eigenvalue weighted by Gasteiger charge is 2.20. The van der Waals surface area contributed by atoms with E-state index in [2.05, 4.69) is 0 Å². The maximum Gasteiger partial charge on any atom is 0.300 e. The minimum atomic E-state index is -1.41. The quantitative estimate of drug-likeness (QED) is 0.431. The number of hydrogen-bond acceptors (Lipinski definition) is 1. The molecular formula is C3H4Cl5OSi. The Morgan fingerprint density at radius 2 is 1.70 bits per heavy atom. The molecule has 0 aromatic carbocycles. The molecule has 0 aliphatic heterocycles. The molecular weight excluding hydrogens is 257 g/mol. The normalized spacial score (nSPS) is 12.6. The molecule has 0 saturated heterocycles. The molecule has 0 heterocycles. The second kappa shape index (κ2) is 5.30. The van der Waals surface area contributed by atoms with E-state index in [1.165, 1.54) is 0 Å². The highest BCUT2D eigenvalue weighted by molar-refractivity contribution is 7.33. The van der Waals surface area contributed by atoms with Gasteiger partial charge in [-0.15, -0.1) is 22.2 Å². The SMILES string of the molecule is Cl[Si](Cl)COCC(Cl)(Cl)Cl. The third-order valence-electron chi connectivity index (χ3n) is 0.477. The summed E-state index contributed by atoms with van der Waals surface area (Å²) in [7, 11) is -1.41. The van der Waals surface area contributed by atoms with Gasteiger partial charge in [0, 0.05) is 0 Å². The number of rotatable bonds is 3. The smallest absolute Gasteiger partial charge is 0.300 e. The molecule has 0 rings (SSSR count). The van der Waals surface area contributed by atoms with Gasteiger partial charge in [0.15, 0.2) is 0 Å². The fraction of sp³-hybridized carbons (Fsp3) is 1.00. The van der Waals surface area contributed by atoms with E-state index in [0.29, 0.717) is 0 Å². The number of ether oxygens (including phenoxy) is 1. The van der Waals surface area contributed by atoms with E-state index in [-0.39, 0.29) is 12.8 Å². The highest BCUT2D eigenvalue weighted by Crippen LogP contribution is 2.25. The Hall–Kier alpha value is 1.63. The first-order valence-electron chi connectivity index (χ1n) is 2.23. The predicted molar refractivity (Wildman–Crippen MR) is 48.6 cm³/mol. The van der Waals surface area contributed by atoms with Crippen molar-refractivity contribution in [2.75, 3.05) is 12.8 Å². The summed E-state index contributed by atoms with van der Waals surface area (Å²) in [6.45, 7) is 0.0191. The second-order valence-corrected chi connectivity index (χ2v) is 8.25. The van der Waals surface area contributed by atoms with E-state index in [9.17, 15) is 0 Å². The molecule has 0 unspecified atom stereocenters. The topological polar surface area (TPSA) is 9.23 Å². The van der Waals surface area contributed by atoms with Crippen molar-refractivity contribution in [3.8, 4) is 0 Å². The molecule has 0 bridgehead atoms. The van der Waals surface area contributed by atoms with E-state index >= 15 is 0 Å². The Labute approximate surface area is 85.5 Å².